The number of hydrogen-bond donors (Lipinski definition) is 0. The first kappa shape index (κ1) is 16.2. The lowest BCUT2D eigenvalue weighted by Gasteiger charge is -2.23. The van der Waals surface area contributed by atoms with Crippen molar-refractivity contribution in [1.82, 2.24) is 0 Å². The largest absolute Gasteiger partial charge is 0.416 e. The molecule has 4 nitrogen and oxygen atoms in total. The highest BCUT2D eigenvalue weighted by atomic mass is 19.4. The topological polar surface area (TPSA) is 54.5 Å². The van der Waals surface area contributed by atoms with Gasteiger partial charge in [-0.25, -0.2) is 0 Å². The van der Waals surface area contributed by atoms with Gasteiger partial charge in [-0.2, -0.15) is 13.2 Å². The summed E-state index contributed by atoms with van der Waals surface area (Å²) in [5, 5.41) is 0. The van der Waals surface area contributed by atoms with Crippen molar-refractivity contribution in [1.29, 1.82) is 0 Å². The van der Waals surface area contributed by atoms with Crippen LogP contribution in [0.4, 0.5) is 18.9 Å². The Bertz CT molecular complexity index is 637. The Hall–Kier alpha value is -2.18. The molecule has 22 heavy (non-hydrogen) atoms. The normalized spacial score (nSPS) is 19.7. The molecule has 1 fully saturated rings. The molecule has 0 unspecified atom stereocenters. The molecule has 7 heteroatoms. The van der Waals surface area contributed by atoms with Crippen LogP contribution in [-0.4, -0.2) is 18.1 Å². The molecule has 1 aliphatic rings. The minimum Gasteiger partial charge on any atom is -0.303 e. The minimum atomic E-state index is -4.57. The minimum absolute atomic E-state index is 0.131. The number of carbonyl (C=O) groups excluding carboxylic acids is 3. The first-order valence-corrected chi connectivity index (χ1v) is 6.58. The summed E-state index contributed by atoms with van der Waals surface area (Å²) in [4.78, 5) is 36.2. The molecule has 0 aliphatic carbocycles. The molecule has 0 aromatic heterocycles. The number of nitrogens with zero attached hydrogens (tertiary/aromatic N) is 1. The van der Waals surface area contributed by atoms with Crippen molar-refractivity contribution >= 4 is 23.8 Å². The van der Waals surface area contributed by atoms with Crippen molar-refractivity contribution in [3.05, 3.63) is 29.8 Å². The van der Waals surface area contributed by atoms with Crippen LogP contribution in [-0.2, 0) is 20.6 Å². The summed E-state index contributed by atoms with van der Waals surface area (Å²) in [6.07, 6.45) is -4.18. The number of halogens is 3. The van der Waals surface area contributed by atoms with E-state index in [-0.39, 0.29) is 12.1 Å². The van der Waals surface area contributed by atoms with Gasteiger partial charge in [-0.1, -0.05) is 19.9 Å². The predicted octanol–water partition coefficient (Wildman–Crippen LogP) is 2.81. The van der Waals surface area contributed by atoms with Crippen LogP contribution in [0.25, 0.3) is 0 Å². The number of benzene rings is 1. The number of rotatable bonds is 3. The molecular weight excluding hydrogens is 299 g/mol. The van der Waals surface area contributed by atoms with E-state index in [1.807, 2.05) is 0 Å². The summed E-state index contributed by atoms with van der Waals surface area (Å²) in [6, 6.07) is 4.02. The summed E-state index contributed by atoms with van der Waals surface area (Å²) < 4.78 is 38.2. The molecule has 1 atom stereocenters. The maximum atomic E-state index is 12.7. The van der Waals surface area contributed by atoms with Gasteiger partial charge in [-0.3, -0.25) is 14.5 Å². The van der Waals surface area contributed by atoms with E-state index in [0.29, 0.717) is 6.29 Å². The highest BCUT2D eigenvalue weighted by molar-refractivity contribution is 6.21. The van der Waals surface area contributed by atoms with Gasteiger partial charge in [0.05, 0.1) is 17.2 Å². The molecule has 0 spiro atoms. The zero-order valence-electron chi connectivity index (χ0n) is 12.0. The summed E-state index contributed by atoms with van der Waals surface area (Å²) in [5.41, 5.74) is -2.12. The Morgan fingerprint density at radius 1 is 1.23 bits per heavy atom. The molecule has 1 heterocycles. The van der Waals surface area contributed by atoms with Gasteiger partial charge in [0, 0.05) is 11.8 Å². The summed E-state index contributed by atoms with van der Waals surface area (Å²) in [5.74, 6) is -2.13. The van der Waals surface area contributed by atoms with Crippen molar-refractivity contribution in [2.45, 2.75) is 26.4 Å². The molecule has 2 rings (SSSR count). The van der Waals surface area contributed by atoms with Crippen molar-refractivity contribution < 1.29 is 27.6 Å². The first-order valence-electron chi connectivity index (χ1n) is 6.58. The molecule has 1 saturated heterocycles. The second-order valence-corrected chi connectivity index (χ2v) is 5.81. The Morgan fingerprint density at radius 3 is 2.41 bits per heavy atom. The van der Waals surface area contributed by atoms with Crippen LogP contribution in [0.2, 0.25) is 0 Å². The summed E-state index contributed by atoms with van der Waals surface area (Å²) >= 11 is 0. The van der Waals surface area contributed by atoms with Gasteiger partial charge >= 0.3 is 6.18 Å². The van der Waals surface area contributed by atoms with Crippen molar-refractivity contribution in [2.24, 2.45) is 11.3 Å². The Labute approximate surface area is 124 Å². The molecule has 1 aromatic carbocycles. The van der Waals surface area contributed by atoms with E-state index < -0.39 is 34.9 Å². The van der Waals surface area contributed by atoms with Gasteiger partial charge < -0.3 is 4.79 Å². The predicted molar refractivity (Wildman–Crippen MR) is 71.9 cm³/mol. The van der Waals surface area contributed by atoms with Gasteiger partial charge in [-0.15, -0.1) is 0 Å². The Morgan fingerprint density at radius 2 is 1.86 bits per heavy atom. The maximum Gasteiger partial charge on any atom is 0.416 e. The van der Waals surface area contributed by atoms with Crippen molar-refractivity contribution in [3.8, 4) is 0 Å². The van der Waals surface area contributed by atoms with E-state index in [2.05, 4.69) is 0 Å². The second kappa shape index (κ2) is 5.23. The third-order valence-corrected chi connectivity index (χ3v) is 3.78. The fraction of sp³-hybridized carbons (Fsp3) is 0.400. The number of hydrogen-bond acceptors (Lipinski definition) is 3. The van der Waals surface area contributed by atoms with Gasteiger partial charge in [0.15, 0.2) is 0 Å². The monoisotopic (exact) mass is 313 g/mol. The maximum absolute atomic E-state index is 12.7. The molecule has 0 N–H and O–H groups in total. The molecule has 0 bridgehead atoms. The number of aldehydes is 1. The van der Waals surface area contributed by atoms with E-state index in [0.717, 1.165) is 23.1 Å². The first-order chi connectivity index (χ1) is 10.1. The zero-order valence-corrected chi connectivity index (χ0v) is 12.0. The fourth-order valence-electron chi connectivity index (χ4n) is 2.39. The van der Waals surface area contributed by atoms with Crippen molar-refractivity contribution in [3.63, 3.8) is 0 Å². The van der Waals surface area contributed by atoms with Gasteiger partial charge in [0.2, 0.25) is 11.8 Å². The molecule has 2 amide bonds. The number of anilines is 1. The van der Waals surface area contributed by atoms with Crippen LogP contribution >= 0.6 is 0 Å². The van der Waals surface area contributed by atoms with Gasteiger partial charge in [0.25, 0.3) is 0 Å². The Kier molecular flexibility index (Phi) is 3.85. The Balaban J connectivity index is 2.40. The van der Waals surface area contributed by atoms with E-state index in [1.54, 1.807) is 0 Å². The van der Waals surface area contributed by atoms with Gasteiger partial charge in [-0.05, 0) is 18.2 Å². The lowest BCUT2D eigenvalue weighted by molar-refractivity contribution is -0.137. The van der Waals surface area contributed by atoms with Crippen molar-refractivity contribution in [2.75, 3.05) is 4.90 Å². The van der Waals surface area contributed by atoms with Gasteiger partial charge in [0.1, 0.15) is 6.29 Å². The number of alkyl halides is 3. The fourth-order valence-corrected chi connectivity index (χ4v) is 2.39. The lowest BCUT2D eigenvalue weighted by atomic mass is 9.79. The number of carbonyl (C=O) groups is 3. The van der Waals surface area contributed by atoms with E-state index in [9.17, 15) is 27.6 Å². The standard InChI is InChI=1S/C15H14F3NO3/c1-14(2,8-20)11-7-12(21)19(13(11)22)10-5-3-4-9(6-10)15(16,17)18/h3-6,8,11H,7H2,1-2H3/t11-/m0/s1. The van der Waals surface area contributed by atoms with E-state index in [1.165, 1.54) is 19.9 Å². The third-order valence-electron chi connectivity index (χ3n) is 3.78. The smallest absolute Gasteiger partial charge is 0.303 e. The zero-order chi connectivity index (χ0) is 16.7. The summed E-state index contributed by atoms with van der Waals surface area (Å²) in [6.45, 7) is 3.04. The molecular formula is C15H14F3NO3. The molecule has 118 valence electrons. The van der Waals surface area contributed by atoms with E-state index in [4.69, 9.17) is 0 Å². The molecule has 0 radical (unpaired) electrons. The number of imide groups is 1. The van der Waals surface area contributed by atoms with E-state index >= 15 is 0 Å². The second-order valence-electron chi connectivity index (χ2n) is 5.81. The lowest BCUT2D eigenvalue weighted by Crippen LogP contribution is -2.35. The molecule has 1 aromatic rings. The average molecular weight is 313 g/mol. The highest BCUT2D eigenvalue weighted by Crippen LogP contribution is 2.38. The average Bonchev–Trinajstić information content (AvgIpc) is 2.74. The van der Waals surface area contributed by atoms with Crippen LogP contribution in [0.5, 0.6) is 0 Å². The summed E-state index contributed by atoms with van der Waals surface area (Å²) in [7, 11) is 0. The SMILES string of the molecule is CC(C)(C=O)[C@H]1CC(=O)N(c2cccc(C(F)(F)F)c2)C1=O. The quantitative estimate of drug-likeness (QED) is 0.637. The molecule has 0 saturated carbocycles. The molecule has 1 aliphatic heterocycles. The van der Waals surface area contributed by atoms with Crippen LogP contribution in [0, 0.1) is 11.3 Å². The van der Waals surface area contributed by atoms with Crippen LogP contribution in [0.3, 0.4) is 0 Å². The van der Waals surface area contributed by atoms with Crippen LogP contribution in [0.1, 0.15) is 25.8 Å². The van der Waals surface area contributed by atoms with Crippen LogP contribution < -0.4 is 4.90 Å². The van der Waals surface area contributed by atoms with Crippen LogP contribution in [0.15, 0.2) is 24.3 Å². The number of amides is 2. The highest BCUT2D eigenvalue weighted by Gasteiger charge is 2.47. The third kappa shape index (κ3) is 2.75.